The summed E-state index contributed by atoms with van der Waals surface area (Å²) in [5.74, 6) is -0.904. The van der Waals surface area contributed by atoms with Crippen LogP contribution in [0.2, 0.25) is 0 Å². The first-order chi connectivity index (χ1) is 10.2. The summed E-state index contributed by atoms with van der Waals surface area (Å²) < 4.78 is 0. The molecule has 1 atom stereocenters. The first-order valence-corrected chi connectivity index (χ1v) is 6.89. The Bertz CT molecular complexity index is 662. The lowest BCUT2D eigenvalue weighted by Crippen LogP contribution is -2.38. The fraction of sp³-hybridized carbons (Fsp3) is 0.250. The molecule has 0 aliphatic heterocycles. The first kappa shape index (κ1) is 14.8. The summed E-state index contributed by atoms with van der Waals surface area (Å²) >= 11 is 0. The second-order valence-electron chi connectivity index (χ2n) is 4.84. The predicted octanol–water partition coefficient (Wildman–Crippen LogP) is 2.23. The molecule has 5 heteroatoms. The Morgan fingerprint density at radius 1 is 1.29 bits per heavy atom. The van der Waals surface area contributed by atoms with E-state index in [2.05, 4.69) is 10.5 Å². The van der Waals surface area contributed by atoms with Crippen LogP contribution in [-0.4, -0.2) is 17.0 Å². The van der Waals surface area contributed by atoms with Crippen LogP contribution < -0.4 is 11.1 Å². The molecule has 1 amide bonds. The Morgan fingerprint density at radius 3 is 2.71 bits per heavy atom. The van der Waals surface area contributed by atoms with Gasteiger partial charge in [0.2, 0.25) is 5.91 Å². The lowest BCUT2D eigenvalue weighted by Gasteiger charge is -2.14. The molecule has 0 saturated heterocycles. The van der Waals surface area contributed by atoms with Crippen molar-refractivity contribution >= 4 is 22.5 Å². The second kappa shape index (κ2) is 6.74. The van der Waals surface area contributed by atoms with E-state index in [1.165, 1.54) is 0 Å². The average Bonchev–Trinajstić information content (AvgIpc) is 2.53. The summed E-state index contributed by atoms with van der Waals surface area (Å²) in [5.41, 5.74) is 6.57. The SMILES string of the molecule is CCC(C(=O)NCc1cccc2ccccc12)C(N)=NO. The van der Waals surface area contributed by atoms with Gasteiger partial charge in [-0.1, -0.05) is 54.5 Å². The molecule has 1 unspecified atom stereocenters. The van der Waals surface area contributed by atoms with Gasteiger partial charge in [-0.15, -0.1) is 0 Å². The molecule has 0 radical (unpaired) electrons. The van der Waals surface area contributed by atoms with Gasteiger partial charge in [0.15, 0.2) is 5.84 Å². The van der Waals surface area contributed by atoms with E-state index >= 15 is 0 Å². The minimum Gasteiger partial charge on any atom is -0.409 e. The number of nitrogens with zero attached hydrogens (tertiary/aromatic N) is 1. The van der Waals surface area contributed by atoms with Gasteiger partial charge >= 0.3 is 0 Å². The molecule has 0 spiro atoms. The van der Waals surface area contributed by atoms with Crippen LogP contribution >= 0.6 is 0 Å². The number of hydrogen-bond acceptors (Lipinski definition) is 3. The summed E-state index contributed by atoms with van der Waals surface area (Å²) in [5, 5.41) is 16.7. The molecule has 0 heterocycles. The molecular weight excluding hydrogens is 266 g/mol. The van der Waals surface area contributed by atoms with Gasteiger partial charge in [-0.3, -0.25) is 4.79 Å². The van der Waals surface area contributed by atoms with Crippen LogP contribution in [0.3, 0.4) is 0 Å². The molecule has 0 fully saturated rings. The summed E-state index contributed by atoms with van der Waals surface area (Å²) in [4.78, 5) is 12.1. The Morgan fingerprint density at radius 2 is 2.00 bits per heavy atom. The van der Waals surface area contributed by atoms with Gasteiger partial charge < -0.3 is 16.3 Å². The second-order valence-corrected chi connectivity index (χ2v) is 4.84. The van der Waals surface area contributed by atoms with Gasteiger partial charge in [-0.25, -0.2) is 0 Å². The highest BCUT2D eigenvalue weighted by molar-refractivity contribution is 6.02. The van der Waals surface area contributed by atoms with E-state index in [1.807, 2.05) is 49.4 Å². The molecule has 110 valence electrons. The third-order valence-electron chi connectivity index (χ3n) is 3.53. The Hall–Kier alpha value is -2.56. The van der Waals surface area contributed by atoms with Crippen molar-refractivity contribution in [2.75, 3.05) is 0 Å². The smallest absolute Gasteiger partial charge is 0.231 e. The van der Waals surface area contributed by atoms with Gasteiger partial charge in [-0.05, 0) is 22.8 Å². The van der Waals surface area contributed by atoms with Crippen LogP contribution in [0.15, 0.2) is 47.6 Å². The number of nitrogens with two attached hydrogens (primary N) is 1. The van der Waals surface area contributed by atoms with Crippen molar-refractivity contribution in [3.63, 3.8) is 0 Å². The van der Waals surface area contributed by atoms with E-state index in [-0.39, 0.29) is 11.7 Å². The largest absolute Gasteiger partial charge is 0.409 e. The summed E-state index contributed by atoms with van der Waals surface area (Å²) in [6.07, 6.45) is 0.483. The number of carbonyl (C=O) groups is 1. The standard InChI is InChI=1S/C16H19N3O2/c1-2-13(15(17)19-21)16(20)18-10-12-8-5-7-11-6-3-4-9-14(11)12/h3-9,13,21H,2,10H2,1H3,(H2,17,19)(H,18,20). The van der Waals surface area contributed by atoms with Crippen molar-refractivity contribution in [1.29, 1.82) is 0 Å². The van der Waals surface area contributed by atoms with Crippen LogP contribution in [0.25, 0.3) is 10.8 Å². The molecule has 0 aliphatic rings. The zero-order valence-corrected chi connectivity index (χ0v) is 11.9. The van der Waals surface area contributed by atoms with Gasteiger partial charge in [-0.2, -0.15) is 0 Å². The highest BCUT2D eigenvalue weighted by atomic mass is 16.4. The molecule has 0 bridgehead atoms. The summed E-state index contributed by atoms with van der Waals surface area (Å²) in [6.45, 7) is 2.23. The van der Waals surface area contributed by atoms with Crippen LogP contribution in [0.1, 0.15) is 18.9 Å². The Labute approximate surface area is 123 Å². The van der Waals surface area contributed by atoms with E-state index in [9.17, 15) is 4.79 Å². The topological polar surface area (TPSA) is 87.7 Å². The number of benzene rings is 2. The lowest BCUT2D eigenvalue weighted by atomic mass is 10.0. The molecule has 2 aromatic rings. The fourth-order valence-corrected chi connectivity index (χ4v) is 2.35. The first-order valence-electron chi connectivity index (χ1n) is 6.89. The number of fused-ring (bicyclic) bond motifs is 1. The number of hydrogen-bond donors (Lipinski definition) is 3. The molecule has 2 aromatic carbocycles. The molecule has 0 aliphatic carbocycles. The van der Waals surface area contributed by atoms with E-state index in [0.29, 0.717) is 13.0 Å². The van der Waals surface area contributed by atoms with Crippen LogP contribution in [0, 0.1) is 5.92 Å². The molecule has 0 saturated carbocycles. The Balaban J connectivity index is 2.13. The third kappa shape index (κ3) is 3.31. The van der Waals surface area contributed by atoms with Crippen LogP contribution in [0.4, 0.5) is 0 Å². The van der Waals surface area contributed by atoms with Crippen molar-refractivity contribution in [2.24, 2.45) is 16.8 Å². The van der Waals surface area contributed by atoms with E-state index in [0.717, 1.165) is 16.3 Å². The number of rotatable bonds is 5. The van der Waals surface area contributed by atoms with E-state index < -0.39 is 5.92 Å². The van der Waals surface area contributed by atoms with Crippen molar-refractivity contribution in [2.45, 2.75) is 19.9 Å². The van der Waals surface area contributed by atoms with Crippen molar-refractivity contribution in [3.8, 4) is 0 Å². The maximum atomic E-state index is 12.1. The molecule has 21 heavy (non-hydrogen) atoms. The average molecular weight is 285 g/mol. The third-order valence-corrected chi connectivity index (χ3v) is 3.53. The van der Waals surface area contributed by atoms with Gasteiger partial charge in [0, 0.05) is 6.54 Å². The minimum atomic E-state index is -0.607. The Kier molecular flexibility index (Phi) is 4.77. The zero-order chi connectivity index (χ0) is 15.2. The summed E-state index contributed by atoms with van der Waals surface area (Å²) in [6, 6.07) is 14.0. The zero-order valence-electron chi connectivity index (χ0n) is 11.9. The monoisotopic (exact) mass is 285 g/mol. The predicted molar refractivity (Wildman–Crippen MR) is 83.0 cm³/mol. The maximum absolute atomic E-state index is 12.1. The van der Waals surface area contributed by atoms with Gasteiger partial charge in [0.05, 0.1) is 5.92 Å². The van der Waals surface area contributed by atoms with E-state index in [4.69, 9.17) is 10.9 Å². The fourth-order valence-electron chi connectivity index (χ4n) is 2.35. The van der Waals surface area contributed by atoms with Gasteiger partial charge in [0.1, 0.15) is 0 Å². The molecule has 2 rings (SSSR count). The lowest BCUT2D eigenvalue weighted by molar-refractivity contribution is -0.123. The number of amides is 1. The number of carbonyl (C=O) groups excluding carboxylic acids is 1. The highest BCUT2D eigenvalue weighted by Gasteiger charge is 2.20. The van der Waals surface area contributed by atoms with Crippen molar-refractivity contribution in [1.82, 2.24) is 5.32 Å². The maximum Gasteiger partial charge on any atom is 0.231 e. The minimum absolute atomic E-state index is 0.0621. The van der Waals surface area contributed by atoms with Crippen LogP contribution in [0.5, 0.6) is 0 Å². The highest BCUT2D eigenvalue weighted by Crippen LogP contribution is 2.18. The van der Waals surface area contributed by atoms with Crippen molar-refractivity contribution in [3.05, 3.63) is 48.0 Å². The molecular formula is C16H19N3O2. The molecule has 5 nitrogen and oxygen atoms in total. The van der Waals surface area contributed by atoms with E-state index in [1.54, 1.807) is 0 Å². The quantitative estimate of drug-likeness (QED) is 0.341. The van der Waals surface area contributed by atoms with Gasteiger partial charge in [0.25, 0.3) is 0 Å². The number of oxime groups is 1. The number of amidine groups is 1. The number of nitrogens with one attached hydrogen (secondary N) is 1. The molecule has 0 aromatic heterocycles. The van der Waals surface area contributed by atoms with Crippen LogP contribution in [-0.2, 0) is 11.3 Å². The normalized spacial score (nSPS) is 13.1. The summed E-state index contributed by atoms with van der Waals surface area (Å²) in [7, 11) is 0. The molecule has 4 N–H and O–H groups in total. The van der Waals surface area contributed by atoms with Crippen molar-refractivity contribution < 1.29 is 10.0 Å².